The molecule has 0 bridgehead atoms. The Hall–Kier alpha value is -4.10. The van der Waals surface area contributed by atoms with Crippen LogP contribution in [0, 0.1) is 36.5 Å². The number of rotatable bonds is 9. The zero-order valence-corrected chi connectivity index (χ0v) is 18.3. The van der Waals surface area contributed by atoms with Crippen molar-refractivity contribution in [3.8, 4) is 17.9 Å². The molecule has 3 rings (SSSR count). The van der Waals surface area contributed by atoms with Crippen molar-refractivity contribution < 1.29 is 9.53 Å². The van der Waals surface area contributed by atoms with Crippen LogP contribution in [0.25, 0.3) is 0 Å². The lowest BCUT2D eigenvalue weighted by molar-refractivity contribution is -0.116. The summed E-state index contributed by atoms with van der Waals surface area (Å²) < 4.78 is 7.65. The van der Waals surface area contributed by atoms with Gasteiger partial charge in [-0.25, -0.2) is 0 Å². The van der Waals surface area contributed by atoms with E-state index >= 15 is 0 Å². The highest BCUT2D eigenvalue weighted by Gasteiger charge is 2.13. The Morgan fingerprint density at radius 3 is 2.75 bits per heavy atom. The van der Waals surface area contributed by atoms with Gasteiger partial charge in [0, 0.05) is 23.9 Å². The van der Waals surface area contributed by atoms with Crippen LogP contribution in [0.4, 0.5) is 5.69 Å². The molecule has 7 heteroatoms. The van der Waals surface area contributed by atoms with Gasteiger partial charge in [0.2, 0.25) is 5.91 Å². The minimum Gasteiger partial charge on any atom is -0.489 e. The van der Waals surface area contributed by atoms with Gasteiger partial charge in [0.15, 0.2) is 0 Å². The molecule has 0 aliphatic rings. The summed E-state index contributed by atoms with van der Waals surface area (Å²) in [6.07, 6.45) is 1.32. The maximum atomic E-state index is 12.5. The van der Waals surface area contributed by atoms with Gasteiger partial charge in [-0.2, -0.15) is 15.6 Å². The van der Waals surface area contributed by atoms with Gasteiger partial charge >= 0.3 is 0 Å². The van der Waals surface area contributed by atoms with Crippen molar-refractivity contribution in [2.75, 3.05) is 5.32 Å². The van der Waals surface area contributed by atoms with Gasteiger partial charge in [-0.05, 0) is 55.7 Å². The van der Waals surface area contributed by atoms with Crippen LogP contribution in [0.15, 0.2) is 48.5 Å². The number of hydrogen-bond acceptors (Lipinski definition) is 5. The molecule has 0 atom stereocenters. The normalized spacial score (nSPS) is 10.2. The van der Waals surface area contributed by atoms with Crippen molar-refractivity contribution >= 4 is 11.6 Å². The molecule has 0 spiro atoms. The molecule has 3 aromatic rings. The quantitative estimate of drug-likeness (QED) is 0.544. The summed E-state index contributed by atoms with van der Waals surface area (Å²) >= 11 is 0. The van der Waals surface area contributed by atoms with E-state index in [4.69, 9.17) is 15.3 Å². The largest absolute Gasteiger partial charge is 0.489 e. The van der Waals surface area contributed by atoms with Crippen molar-refractivity contribution in [2.45, 2.75) is 46.3 Å². The third kappa shape index (κ3) is 5.96. The van der Waals surface area contributed by atoms with E-state index in [0.29, 0.717) is 49.4 Å². The van der Waals surface area contributed by atoms with Crippen molar-refractivity contribution in [1.82, 2.24) is 9.78 Å². The van der Waals surface area contributed by atoms with Crippen LogP contribution in [-0.4, -0.2) is 15.7 Å². The molecule has 1 amide bonds. The molecule has 0 fully saturated rings. The van der Waals surface area contributed by atoms with Crippen molar-refractivity contribution in [1.29, 1.82) is 10.5 Å². The van der Waals surface area contributed by atoms with Gasteiger partial charge in [0.05, 0.1) is 36.4 Å². The molecular weight excluding hydrogens is 402 g/mol. The number of ether oxygens (including phenoxy) is 1. The average molecular weight is 428 g/mol. The van der Waals surface area contributed by atoms with Gasteiger partial charge in [0.25, 0.3) is 0 Å². The highest BCUT2D eigenvalue weighted by Crippen LogP contribution is 2.20. The first-order chi connectivity index (χ1) is 15.5. The number of carbonyl (C=O) groups excluding carboxylic acids is 1. The fourth-order valence-corrected chi connectivity index (χ4v) is 3.49. The third-order valence-corrected chi connectivity index (χ3v) is 5.15. The molecule has 0 aliphatic carbocycles. The second-order valence-corrected chi connectivity index (χ2v) is 7.46. The predicted octanol–water partition coefficient (Wildman–Crippen LogP) is 4.44. The molecule has 1 aromatic heterocycles. The summed E-state index contributed by atoms with van der Waals surface area (Å²) in [4.78, 5) is 12.5. The Labute approximate surface area is 187 Å². The Bertz CT molecular complexity index is 1180. The first-order valence-electron chi connectivity index (χ1n) is 10.4. The first kappa shape index (κ1) is 22.6. The smallest absolute Gasteiger partial charge is 0.224 e. The minimum absolute atomic E-state index is 0.0903. The van der Waals surface area contributed by atoms with Crippen LogP contribution in [-0.2, 0) is 24.4 Å². The molecule has 1 heterocycles. The number of anilines is 1. The van der Waals surface area contributed by atoms with E-state index in [-0.39, 0.29) is 5.91 Å². The van der Waals surface area contributed by atoms with E-state index in [1.807, 2.05) is 48.9 Å². The van der Waals surface area contributed by atoms with Gasteiger partial charge < -0.3 is 10.1 Å². The summed E-state index contributed by atoms with van der Waals surface area (Å²) in [6, 6.07) is 18.8. The summed E-state index contributed by atoms with van der Waals surface area (Å²) in [5.74, 6) is 0.545. The molecule has 0 aliphatic heterocycles. The number of aryl methyl sites for hydroxylation is 2. The monoisotopic (exact) mass is 427 g/mol. The Morgan fingerprint density at radius 1 is 1.16 bits per heavy atom. The van der Waals surface area contributed by atoms with Crippen LogP contribution in [0.5, 0.6) is 5.75 Å². The molecule has 0 radical (unpaired) electrons. The topological polar surface area (TPSA) is 104 Å². The zero-order chi connectivity index (χ0) is 22.9. The number of benzene rings is 2. The molecule has 2 aromatic carbocycles. The Morgan fingerprint density at radius 2 is 1.97 bits per heavy atom. The number of hydrogen-bond donors (Lipinski definition) is 1. The number of amides is 1. The number of aromatic nitrogens is 2. The Kier molecular flexibility index (Phi) is 7.61. The second kappa shape index (κ2) is 10.8. The molecule has 0 saturated heterocycles. The summed E-state index contributed by atoms with van der Waals surface area (Å²) in [5.41, 5.74) is 5.10. The van der Waals surface area contributed by atoms with E-state index in [1.54, 1.807) is 18.2 Å². The number of nitrogens with one attached hydrogen (secondary N) is 1. The molecule has 7 nitrogen and oxygen atoms in total. The lowest BCUT2D eigenvalue weighted by atomic mass is 10.1. The van der Waals surface area contributed by atoms with Crippen LogP contribution in [0.1, 0.15) is 40.9 Å². The van der Waals surface area contributed by atoms with E-state index in [9.17, 15) is 4.79 Å². The Balaban J connectivity index is 1.55. The summed E-state index contributed by atoms with van der Waals surface area (Å²) in [7, 11) is 0. The van der Waals surface area contributed by atoms with E-state index in [2.05, 4.69) is 22.6 Å². The van der Waals surface area contributed by atoms with Crippen molar-refractivity contribution in [2.24, 2.45) is 0 Å². The number of carbonyl (C=O) groups is 1. The van der Waals surface area contributed by atoms with Crippen LogP contribution in [0.3, 0.4) is 0 Å². The fourth-order valence-electron chi connectivity index (χ4n) is 3.49. The van der Waals surface area contributed by atoms with Crippen LogP contribution in [0.2, 0.25) is 0 Å². The average Bonchev–Trinajstić information content (AvgIpc) is 3.07. The molecule has 0 unspecified atom stereocenters. The maximum Gasteiger partial charge on any atom is 0.224 e. The standard InChI is InChI=1S/C25H25N5O2/c1-18-24(19(2)30(29-18)13-5-12-26)10-11-25(31)28-22-8-4-9-23(15-22)32-17-21-7-3-6-20(14-21)16-27/h3-4,6-9,14-15H,5,10-11,13,17H2,1-2H3,(H,28,31). The van der Waals surface area contributed by atoms with Gasteiger partial charge in [-0.15, -0.1) is 0 Å². The zero-order valence-electron chi connectivity index (χ0n) is 18.3. The molecule has 1 N–H and O–H groups in total. The van der Waals surface area contributed by atoms with Crippen molar-refractivity contribution in [3.05, 3.63) is 76.6 Å². The van der Waals surface area contributed by atoms with Gasteiger partial charge in [-0.1, -0.05) is 18.2 Å². The van der Waals surface area contributed by atoms with Gasteiger partial charge in [0.1, 0.15) is 12.4 Å². The van der Waals surface area contributed by atoms with Crippen LogP contribution >= 0.6 is 0 Å². The first-order valence-corrected chi connectivity index (χ1v) is 10.4. The maximum absolute atomic E-state index is 12.5. The summed E-state index contributed by atoms with van der Waals surface area (Å²) in [5, 5.41) is 25.2. The minimum atomic E-state index is -0.0903. The van der Waals surface area contributed by atoms with E-state index in [0.717, 1.165) is 22.5 Å². The van der Waals surface area contributed by atoms with E-state index in [1.165, 1.54) is 0 Å². The number of nitriles is 2. The number of nitrogens with zero attached hydrogens (tertiary/aromatic N) is 4. The fraction of sp³-hybridized carbons (Fsp3) is 0.280. The second-order valence-electron chi connectivity index (χ2n) is 7.46. The molecule has 162 valence electrons. The molecule has 0 saturated carbocycles. The summed E-state index contributed by atoms with van der Waals surface area (Å²) in [6.45, 7) is 4.79. The molecule has 32 heavy (non-hydrogen) atoms. The van der Waals surface area contributed by atoms with Gasteiger partial charge in [-0.3, -0.25) is 9.48 Å². The third-order valence-electron chi connectivity index (χ3n) is 5.15. The lowest BCUT2D eigenvalue weighted by Crippen LogP contribution is -2.13. The van der Waals surface area contributed by atoms with E-state index < -0.39 is 0 Å². The predicted molar refractivity (Wildman–Crippen MR) is 121 cm³/mol. The highest BCUT2D eigenvalue weighted by molar-refractivity contribution is 5.91. The molecular formula is C25H25N5O2. The lowest BCUT2D eigenvalue weighted by Gasteiger charge is -2.10. The SMILES string of the molecule is Cc1nn(CCC#N)c(C)c1CCC(=O)Nc1cccc(OCc2cccc(C#N)c2)c1. The van der Waals surface area contributed by atoms with Crippen LogP contribution < -0.4 is 10.1 Å². The highest BCUT2D eigenvalue weighted by atomic mass is 16.5. The van der Waals surface area contributed by atoms with Crippen molar-refractivity contribution in [3.63, 3.8) is 0 Å².